The summed E-state index contributed by atoms with van der Waals surface area (Å²) in [4.78, 5) is 0. The zero-order valence-corrected chi connectivity index (χ0v) is 6.93. The van der Waals surface area contributed by atoms with E-state index in [4.69, 9.17) is 5.73 Å². The molecule has 0 aromatic carbocycles. The van der Waals surface area contributed by atoms with Gasteiger partial charge in [0.2, 0.25) is 0 Å². The zero-order valence-electron chi connectivity index (χ0n) is 5.34. The lowest BCUT2D eigenvalue weighted by molar-refractivity contribution is 0.618. The van der Waals surface area contributed by atoms with Gasteiger partial charge in [-0.05, 0) is 4.48 Å². The maximum absolute atomic E-state index is 5.71. The second kappa shape index (κ2) is 2.67. The van der Waals surface area contributed by atoms with Crippen molar-refractivity contribution in [1.29, 1.82) is 0 Å². The summed E-state index contributed by atoms with van der Waals surface area (Å²) in [6, 6.07) is 0.185. The van der Waals surface area contributed by atoms with Gasteiger partial charge in [0.05, 0.1) is 0 Å². The van der Waals surface area contributed by atoms with Crippen LogP contribution in [-0.2, 0) is 0 Å². The molecule has 0 aromatic heterocycles. The zero-order chi connectivity index (χ0) is 6.85. The second-order valence-corrected chi connectivity index (χ2v) is 3.22. The van der Waals surface area contributed by atoms with E-state index >= 15 is 0 Å². The van der Waals surface area contributed by atoms with Gasteiger partial charge < -0.3 is 5.73 Å². The van der Waals surface area contributed by atoms with Crippen LogP contribution in [0.5, 0.6) is 0 Å². The molecule has 2 heteroatoms. The summed E-state index contributed by atoms with van der Waals surface area (Å²) >= 11 is 3.42. The Kier molecular flexibility index (Phi) is 2.09. The highest BCUT2D eigenvalue weighted by Gasteiger charge is 2.14. The van der Waals surface area contributed by atoms with Gasteiger partial charge in [-0.3, -0.25) is 0 Å². The van der Waals surface area contributed by atoms with Crippen molar-refractivity contribution in [1.82, 2.24) is 0 Å². The Morgan fingerprint density at radius 3 is 2.78 bits per heavy atom. The molecule has 9 heavy (non-hydrogen) atoms. The van der Waals surface area contributed by atoms with Crippen LogP contribution in [-0.4, -0.2) is 6.04 Å². The molecule has 2 atom stereocenters. The first-order chi connectivity index (χ1) is 4.22. The molecule has 0 spiro atoms. The van der Waals surface area contributed by atoms with Gasteiger partial charge >= 0.3 is 0 Å². The molecule has 0 heterocycles. The molecular formula is C7H10BrN. The average molecular weight is 188 g/mol. The van der Waals surface area contributed by atoms with E-state index in [-0.39, 0.29) is 6.04 Å². The molecule has 50 valence electrons. The maximum Gasteiger partial charge on any atom is 0.0299 e. The molecule has 0 bridgehead atoms. The molecule has 1 aliphatic rings. The first-order valence-corrected chi connectivity index (χ1v) is 3.80. The Morgan fingerprint density at radius 2 is 2.33 bits per heavy atom. The summed E-state index contributed by atoms with van der Waals surface area (Å²) in [5.41, 5.74) is 5.71. The summed E-state index contributed by atoms with van der Waals surface area (Å²) in [5.74, 6) is 0.440. The van der Waals surface area contributed by atoms with Crippen LogP contribution < -0.4 is 5.73 Å². The molecule has 0 aromatic rings. The van der Waals surface area contributed by atoms with Crippen molar-refractivity contribution in [2.75, 3.05) is 0 Å². The number of nitrogens with two attached hydrogens (primary N) is 1. The number of hydrogen-bond acceptors (Lipinski definition) is 1. The van der Waals surface area contributed by atoms with E-state index in [1.807, 2.05) is 18.2 Å². The summed E-state index contributed by atoms with van der Waals surface area (Å²) in [6.07, 6.45) is 6.03. The van der Waals surface area contributed by atoms with Crippen LogP contribution in [0.1, 0.15) is 6.92 Å². The summed E-state index contributed by atoms with van der Waals surface area (Å²) < 4.78 is 1.19. The molecule has 2 unspecified atom stereocenters. The van der Waals surface area contributed by atoms with E-state index in [0.717, 1.165) is 0 Å². The molecule has 2 N–H and O–H groups in total. The lowest BCUT2D eigenvalue weighted by Gasteiger charge is -2.18. The van der Waals surface area contributed by atoms with Gasteiger partial charge in [-0.15, -0.1) is 0 Å². The summed E-state index contributed by atoms with van der Waals surface area (Å²) in [6.45, 7) is 2.11. The molecule has 0 saturated heterocycles. The van der Waals surface area contributed by atoms with Crippen LogP contribution in [0.25, 0.3) is 0 Å². The quantitative estimate of drug-likeness (QED) is 0.616. The Bertz CT molecular complexity index is 160. The fourth-order valence-corrected chi connectivity index (χ4v) is 1.24. The van der Waals surface area contributed by atoms with Gasteiger partial charge in [0.25, 0.3) is 0 Å². The van der Waals surface area contributed by atoms with Crippen molar-refractivity contribution in [2.24, 2.45) is 11.7 Å². The minimum atomic E-state index is 0.185. The monoisotopic (exact) mass is 187 g/mol. The van der Waals surface area contributed by atoms with Crippen molar-refractivity contribution in [3.8, 4) is 0 Å². The van der Waals surface area contributed by atoms with Crippen molar-refractivity contribution >= 4 is 15.9 Å². The summed E-state index contributed by atoms with van der Waals surface area (Å²) in [7, 11) is 0. The molecule has 1 nitrogen and oxygen atoms in total. The molecule has 1 rings (SSSR count). The smallest absolute Gasteiger partial charge is 0.0299 e. The number of halogens is 1. The van der Waals surface area contributed by atoms with Crippen molar-refractivity contribution in [3.63, 3.8) is 0 Å². The highest BCUT2D eigenvalue weighted by atomic mass is 79.9. The van der Waals surface area contributed by atoms with Crippen molar-refractivity contribution < 1.29 is 0 Å². The Morgan fingerprint density at radius 1 is 1.67 bits per heavy atom. The summed E-state index contributed by atoms with van der Waals surface area (Å²) in [5, 5.41) is 0. The molecule has 0 amide bonds. The highest BCUT2D eigenvalue weighted by molar-refractivity contribution is 9.11. The van der Waals surface area contributed by atoms with Gasteiger partial charge in [-0.2, -0.15) is 0 Å². The first-order valence-electron chi connectivity index (χ1n) is 3.01. The van der Waals surface area contributed by atoms with Gasteiger partial charge in [0, 0.05) is 12.0 Å². The van der Waals surface area contributed by atoms with E-state index in [2.05, 4.69) is 22.9 Å². The van der Waals surface area contributed by atoms with Crippen molar-refractivity contribution in [2.45, 2.75) is 13.0 Å². The Balaban J connectivity index is 2.73. The molecule has 1 aliphatic carbocycles. The van der Waals surface area contributed by atoms with E-state index in [1.165, 1.54) is 4.48 Å². The van der Waals surface area contributed by atoms with E-state index in [1.54, 1.807) is 0 Å². The van der Waals surface area contributed by atoms with Crippen LogP contribution in [0.2, 0.25) is 0 Å². The highest BCUT2D eigenvalue weighted by Crippen LogP contribution is 2.23. The van der Waals surface area contributed by atoms with E-state index < -0.39 is 0 Å². The molecular weight excluding hydrogens is 178 g/mol. The standard InChI is InChI=1S/C7H10BrN/c1-5-6(8)3-2-4-7(5)9/h2-5,7H,9H2,1H3. The number of rotatable bonds is 0. The molecule has 0 aliphatic heterocycles. The van der Waals surface area contributed by atoms with Crippen LogP contribution in [0.15, 0.2) is 22.7 Å². The number of hydrogen-bond donors (Lipinski definition) is 1. The topological polar surface area (TPSA) is 26.0 Å². The average Bonchev–Trinajstić information content (AvgIpc) is 1.83. The fraction of sp³-hybridized carbons (Fsp3) is 0.429. The van der Waals surface area contributed by atoms with Crippen LogP contribution in [0, 0.1) is 5.92 Å². The van der Waals surface area contributed by atoms with Crippen LogP contribution >= 0.6 is 15.9 Å². The Labute approximate surface area is 63.8 Å². The predicted octanol–water partition coefficient (Wildman–Crippen LogP) is 1.80. The largest absolute Gasteiger partial charge is 0.324 e. The Hall–Kier alpha value is -0.0800. The SMILES string of the molecule is CC1C(Br)=CC=CC1N. The third-order valence-electron chi connectivity index (χ3n) is 1.60. The maximum atomic E-state index is 5.71. The molecule has 0 saturated carbocycles. The van der Waals surface area contributed by atoms with Gasteiger partial charge in [-0.1, -0.05) is 41.1 Å². The lowest BCUT2D eigenvalue weighted by Crippen LogP contribution is -2.27. The van der Waals surface area contributed by atoms with E-state index in [9.17, 15) is 0 Å². The number of allylic oxidation sites excluding steroid dienone is 2. The van der Waals surface area contributed by atoms with Crippen molar-refractivity contribution in [3.05, 3.63) is 22.7 Å². The second-order valence-electron chi connectivity index (χ2n) is 2.30. The minimum Gasteiger partial charge on any atom is -0.324 e. The molecule has 0 radical (unpaired) electrons. The minimum absolute atomic E-state index is 0.185. The van der Waals surface area contributed by atoms with Gasteiger partial charge in [-0.25, -0.2) is 0 Å². The third kappa shape index (κ3) is 1.43. The molecule has 0 fully saturated rings. The van der Waals surface area contributed by atoms with Gasteiger partial charge in [0.1, 0.15) is 0 Å². The first kappa shape index (κ1) is 7.03. The fourth-order valence-electron chi connectivity index (χ4n) is 0.778. The van der Waals surface area contributed by atoms with Crippen LogP contribution in [0.4, 0.5) is 0 Å². The third-order valence-corrected chi connectivity index (χ3v) is 2.59. The van der Waals surface area contributed by atoms with E-state index in [0.29, 0.717) is 5.92 Å². The van der Waals surface area contributed by atoms with Gasteiger partial charge in [0.15, 0.2) is 0 Å². The lowest BCUT2D eigenvalue weighted by atomic mass is 9.98. The van der Waals surface area contributed by atoms with Crippen LogP contribution in [0.3, 0.4) is 0 Å². The normalized spacial score (nSPS) is 34.3. The predicted molar refractivity (Wildman–Crippen MR) is 43.3 cm³/mol.